The molecular formula is C14H21N3O3S. The lowest BCUT2D eigenvalue weighted by Crippen LogP contribution is -2.29. The summed E-state index contributed by atoms with van der Waals surface area (Å²) in [5, 5.41) is 14.4. The van der Waals surface area contributed by atoms with E-state index in [4.69, 9.17) is 5.11 Å². The second kappa shape index (κ2) is 7.97. The van der Waals surface area contributed by atoms with E-state index in [1.54, 1.807) is 0 Å². The molecule has 1 aromatic heterocycles. The summed E-state index contributed by atoms with van der Waals surface area (Å²) in [5.74, 6) is -0.264. The van der Waals surface area contributed by atoms with Gasteiger partial charge in [0.1, 0.15) is 0 Å². The lowest BCUT2D eigenvalue weighted by Gasteiger charge is -2.19. The number of carboxylic acid groups (broad SMARTS) is 1. The number of hydrogen-bond donors (Lipinski definition) is 3. The van der Waals surface area contributed by atoms with Crippen LogP contribution >= 0.6 is 11.3 Å². The molecule has 2 rings (SSSR count). The van der Waals surface area contributed by atoms with Crippen LogP contribution in [-0.4, -0.2) is 28.6 Å². The predicted molar refractivity (Wildman–Crippen MR) is 81.8 cm³/mol. The van der Waals surface area contributed by atoms with Gasteiger partial charge in [-0.05, 0) is 25.2 Å². The first-order valence-corrected chi connectivity index (χ1v) is 8.19. The molecule has 6 nitrogen and oxygen atoms in total. The van der Waals surface area contributed by atoms with Crippen molar-refractivity contribution >= 4 is 28.5 Å². The molecule has 21 heavy (non-hydrogen) atoms. The standard InChI is InChI=1S/C14H21N3O3S/c18-12(19)7-4-8-15-13(20)17-14-16-9-11(21-14)10-5-2-1-3-6-10/h9-10H,1-8H2,(H,18,19)(H2,15,16,17,20). The molecule has 1 heterocycles. The Kier molecular flexibility index (Phi) is 5.98. The minimum Gasteiger partial charge on any atom is -0.481 e. The Labute approximate surface area is 128 Å². The van der Waals surface area contributed by atoms with Crippen molar-refractivity contribution in [1.29, 1.82) is 0 Å². The summed E-state index contributed by atoms with van der Waals surface area (Å²) in [6, 6.07) is -0.329. The van der Waals surface area contributed by atoms with Crippen LogP contribution in [-0.2, 0) is 4.79 Å². The van der Waals surface area contributed by atoms with E-state index in [1.807, 2.05) is 6.20 Å². The van der Waals surface area contributed by atoms with Gasteiger partial charge in [0.15, 0.2) is 5.13 Å². The number of carbonyl (C=O) groups excluding carboxylic acids is 1. The lowest BCUT2D eigenvalue weighted by molar-refractivity contribution is -0.137. The van der Waals surface area contributed by atoms with E-state index in [0.717, 1.165) is 0 Å². The number of nitrogens with zero attached hydrogens (tertiary/aromatic N) is 1. The van der Waals surface area contributed by atoms with Gasteiger partial charge < -0.3 is 10.4 Å². The summed E-state index contributed by atoms with van der Waals surface area (Å²) < 4.78 is 0. The molecule has 0 atom stereocenters. The minimum atomic E-state index is -0.853. The zero-order valence-electron chi connectivity index (χ0n) is 11.9. The highest BCUT2D eigenvalue weighted by Crippen LogP contribution is 2.36. The van der Waals surface area contributed by atoms with Crippen molar-refractivity contribution in [1.82, 2.24) is 10.3 Å². The van der Waals surface area contributed by atoms with Crippen LogP contribution in [0.3, 0.4) is 0 Å². The van der Waals surface area contributed by atoms with Gasteiger partial charge in [-0.15, -0.1) is 11.3 Å². The maximum absolute atomic E-state index is 11.6. The lowest BCUT2D eigenvalue weighted by atomic mass is 9.89. The van der Waals surface area contributed by atoms with Gasteiger partial charge in [-0.1, -0.05) is 19.3 Å². The van der Waals surface area contributed by atoms with Crippen molar-refractivity contribution in [3.63, 3.8) is 0 Å². The summed E-state index contributed by atoms with van der Waals surface area (Å²) in [6.45, 7) is 0.346. The third-order valence-electron chi connectivity index (χ3n) is 3.60. The zero-order chi connectivity index (χ0) is 15.1. The average molecular weight is 311 g/mol. The van der Waals surface area contributed by atoms with Crippen molar-refractivity contribution < 1.29 is 14.7 Å². The molecule has 2 amide bonds. The number of carbonyl (C=O) groups is 2. The quantitative estimate of drug-likeness (QED) is 0.704. The summed E-state index contributed by atoms with van der Waals surface area (Å²) in [6.07, 6.45) is 8.63. The molecule has 0 spiro atoms. The molecule has 0 saturated heterocycles. The second-order valence-electron chi connectivity index (χ2n) is 5.28. The molecule has 1 aliphatic carbocycles. The molecule has 1 aromatic rings. The fourth-order valence-electron chi connectivity index (χ4n) is 2.50. The number of nitrogens with one attached hydrogen (secondary N) is 2. The highest BCUT2D eigenvalue weighted by molar-refractivity contribution is 7.15. The van der Waals surface area contributed by atoms with Crippen molar-refractivity contribution in [3.05, 3.63) is 11.1 Å². The van der Waals surface area contributed by atoms with E-state index in [9.17, 15) is 9.59 Å². The summed E-state index contributed by atoms with van der Waals surface area (Å²) >= 11 is 1.53. The number of carboxylic acids is 1. The normalized spacial score (nSPS) is 15.6. The van der Waals surface area contributed by atoms with Crippen LogP contribution in [0, 0.1) is 0 Å². The fraction of sp³-hybridized carbons (Fsp3) is 0.643. The molecule has 0 aliphatic heterocycles. The van der Waals surface area contributed by atoms with E-state index < -0.39 is 5.97 Å². The molecule has 1 saturated carbocycles. The number of urea groups is 1. The van der Waals surface area contributed by atoms with E-state index in [-0.39, 0.29) is 12.5 Å². The molecule has 1 fully saturated rings. The number of hydrogen-bond acceptors (Lipinski definition) is 4. The number of anilines is 1. The Morgan fingerprint density at radius 1 is 1.33 bits per heavy atom. The van der Waals surface area contributed by atoms with Crippen molar-refractivity contribution in [2.45, 2.75) is 50.9 Å². The smallest absolute Gasteiger partial charge is 0.321 e. The average Bonchev–Trinajstić information content (AvgIpc) is 2.93. The Bertz CT molecular complexity index is 484. The Balaban J connectivity index is 1.73. The van der Waals surface area contributed by atoms with Crippen LogP contribution in [0.15, 0.2) is 6.20 Å². The van der Waals surface area contributed by atoms with Gasteiger partial charge in [-0.3, -0.25) is 10.1 Å². The summed E-state index contributed by atoms with van der Waals surface area (Å²) in [4.78, 5) is 27.5. The molecule has 3 N–H and O–H groups in total. The highest BCUT2D eigenvalue weighted by atomic mass is 32.1. The SMILES string of the molecule is O=C(O)CCCNC(=O)Nc1ncc(C2CCCCC2)s1. The van der Waals surface area contributed by atoms with Crippen LogP contribution in [0.25, 0.3) is 0 Å². The van der Waals surface area contributed by atoms with Gasteiger partial charge in [0.25, 0.3) is 0 Å². The number of aromatic nitrogens is 1. The van der Waals surface area contributed by atoms with Gasteiger partial charge in [-0.25, -0.2) is 9.78 Å². The van der Waals surface area contributed by atoms with Gasteiger partial charge in [-0.2, -0.15) is 0 Å². The Morgan fingerprint density at radius 3 is 2.81 bits per heavy atom. The Hall–Kier alpha value is -1.63. The molecule has 0 radical (unpaired) electrons. The molecule has 0 aromatic carbocycles. The Morgan fingerprint density at radius 2 is 2.10 bits per heavy atom. The second-order valence-corrected chi connectivity index (χ2v) is 6.34. The van der Waals surface area contributed by atoms with E-state index >= 15 is 0 Å². The van der Waals surface area contributed by atoms with Gasteiger partial charge in [0.2, 0.25) is 0 Å². The van der Waals surface area contributed by atoms with Crippen LogP contribution < -0.4 is 10.6 Å². The molecular weight excluding hydrogens is 290 g/mol. The zero-order valence-corrected chi connectivity index (χ0v) is 12.7. The maximum atomic E-state index is 11.6. The van der Waals surface area contributed by atoms with Crippen molar-refractivity contribution in [2.75, 3.05) is 11.9 Å². The van der Waals surface area contributed by atoms with Crippen LogP contribution in [0.2, 0.25) is 0 Å². The number of thiazole rings is 1. The highest BCUT2D eigenvalue weighted by Gasteiger charge is 2.18. The van der Waals surface area contributed by atoms with Crippen molar-refractivity contribution in [2.24, 2.45) is 0 Å². The summed E-state index contributed by atoms with van der Waals surface area (Å²) in [5.41, 5.74) is 0. The fourth-order valence-corrected chi connectivity index (χ4v) is 3.48. The van der Waals surface area contributed by atoms with Crippen LogP contribution in [0.4, 0.5) is 9.93 Å². The minimum absolute atomic E-state index is 0.0589. The first kappa shape index (κ1) is 15.8. The summed E-state index contributed by atoms with van der Waals surface area (Å²) in [7, 11) is 0. The van der Waals surface area contributed by atoms with E-state index in [1.165, 1.54) is 48.3 Å². The van der Waals surface area contributed by atoms with E-state index in [0.29, 0.717) is 24.0 Å². The first-order chi connectivity index (χ1) is 10.1. The maximum Gasteiger partial charge on any atom is 0.321 e. The van der Waals surface area contributed by atoms with Gasteiger partial charge in [0, 0.05) is 24.0 Å². The van der Waals surface area contributed by atoms with Crippen LogP contribution in [0.1, 0.15) is 55.7 Å². The molecule has 0 unspecified atom stereocenters. The van der Waals surface area contributed by atoms with Gasteiger partial charge in [0.05, 0.1) is 0 Å². The third-order valence-corrected chi connectivity index (χ3v) is 4.68. The van der Waals surface area contributed by atoms with Crippen molar-refractivity contribution in [3.8, 4) is 0 Å². The first-order valence-electron chi connectivity index (χ1n) is 7.37. The number of aliphatic carboxylic acids is 1. The van der Waals surface area contributed by atoms with Gasteiger partial charge >= 0.3 is 12.0 Å². The molecule has 116 valence electrons. The number of rotatable bonds is 6. The van der Waals surface area contributed by atoms with E-state index in [2.05, 4.69) is 15.6 Å². The predicted octanol–water partition coefficient (Wildman–Crippen LogP) is 3.18. The molecule has 7 heteroatoms. The monoisotopic (exact) mass is 311 g/mol. The number of amides is 2. The molecule has 0 bridgehead atoms. The largest absolute Gasteiger partial charge is 0.481 e. The molecule has 1 aliphatic rings. The van der Waals surface area contributed by atoms with Crippen LogP contribution in [0.5, 0.6) is 0 Å². The topological polar surface area (TPSA) is 91.3 Å². The third kappa shape index (κ3) is 5.34.